The molecule has 0 saturated heterocycles. The molecule has 0 unspecified atom stereocenters. The fourth-order valence-electron chi connectivity index (χ4n) is 2.52. The number of furan rings is 1. The number of rotatable bonds is 4. The number of nitrogens with two attached hydrogens (primary N) is 1. The topological polar surface area (TPSA) is 90.6 Å². The normalized spacial score (nSPS) is 11.8. The number of alkyl halides is 3. The van der Waals surface area contributed by atoms with E-state index in [1.807, 2.05) is 0 Å². The Morgan fingerprint density at radius 2 is 2.12 bits per heavy atom. The molecule has 0 fully saturated rings. The summed E-state index contributed by atoms with van der Waals surface area (Å²) in [4.78, 5) is 26.2. The van der Waals surface area contributed by atoms with Crippen molar-refractivity contribution in [2.24, 2.45) is 5.73 Å². The fraction of sp³-hybridized carbons (Fsp3) is 0.133. The number of carbonyl (C=O) groups excluding carboxylic acids is 2. The maximum Gasteiger partial charge on any atom is 0.420 e. The van der Waals surface area contributed by atoms with E-state index in [0.717, 1.165) is 4.40 Å². The van der Waals surface area contributed by atoms with Crippen LogP contribution in [-0.4, -0.2) is 21.6 Å². The third-order valence-corrected chi connectivity index (χ3v) is 3.45. The molecule has 0 aromatic carbocycles. The molecule has 0 bridgehead atoms. The van der Waals surface area contributed by atoms with Gasteiger partial charge in [-0.05, 0) is 6.07 Å². The van der Waals surface area contributed by atoms with Crippen LogP contribution in [0.25, 0.3) is 16.8 Å². The summed E-state index contributed by atoms with van der Waals surface area (Å²) >= 11 is 0. The number of primary amides is 1. The predicted molar refractivity (Wildman–Crippen MR) is 76.2 cm³/mol. The minimum Gasteiger partial charge on any atom is -0.472 e. The lowest BCUT2D eigenvalue weighted by Gasteiger charge is -2.15. The number of imidazole rings is 1. The molecule has 1 amide bonds. The van der Waals surface area contributed by atoms with E-state index < -0.39 is 28.9 Å². The standard InChI is InChI=1S/C15H10F3N3O3/c16-15(17,18)12-11(13(19)23)10(8-2-4-24-7-8)6-21-5-9(1-3-22)20-14(12)21/h2-7H,1H2,(H2,19,23). The average Bonchev–Trinajstić information content (AvgIpc) is 3.12. The van der Waals surface area contributed by atoms with Crippen molar-refractivity contribution in [3.8, 4) is 11.1 Å². The van der Waals surface area contributed by atoms with E-state index in [9.17, 15) is 22.8 Å². The zero-order chi connectivity index (χ0) is 17.5. The molecule has 3 aromatic rings. The third kappa shape index (κ3) is 2.53. The lowest BCUT2D eigenvalue weighted by molar-refractivity contribution is -0.137. The van der Waals surface area contributed by atoms with Crippen LogP contribution in [0.15, 0.2) is 35.4 Å². The lowest BCUT2D eigenvalue weighted by Crippen LogP contribution is -2.21. The summed E-state index contributed by atoms with van der Waals surface area (Å²) in [6.07, 6.45) is 0.590. The van der Waals surface area contributed by atoms with Gasteiger partial charge in [-0.15, -0.1) is 0 Å². The van der Waals surface area contributed by atoms with Gasteiger partial charge in [0.25, 0.3) is 0 Å². The summed E-state index contributed by atoms with van der Waals surface area (Å²) < 4.78 is 46.8. The van der Waals surface area contributed by atoms with Crippen molar-refractivity contribution in [3.63, 3.8) is 0 Å². The van der Waals surface area contributed by atoms with Crippen LogP contribution in [0.4, 0.5) is 13.2 Å². The van der Waals surface area contributed by atoms with Crippen molar-refractivity contribution in [2.75, 3.05) is 0 Å². The second-order valence-corrected chi connectivity index (χ2v) is 5.00. The van der Waals surface area contributed by atoms with Crippen LogP contribution < -0.4 is 5.73 Å². The maximum absolute atomic E-state index is 13.6. The Bertz CT molecular complexity index is 927. The van der Waals surface area contributed by atoms with E-state index in [1.54, 1.807) is 0 Å². The summed E-state index contributed by atoms with van der Waals surface area (Å²) in [6.45, 7) is 0. The summed E-state index contributed by atoms with van der Waals surface area (Å²) in [6, 6.07) is 1.41. The van der Waals surface area contributed by atoms with E-state index in [1.165, 1.54) is 31.0 Å². The van der Waals surface area contributed by atoms with Crippen LogP contribution in [0.5, 0.6) is 0 Å². The van der Waals surface area contributed by atoms with Gasteiger partial charge in [0.15, 0.2) is 0 Å². The van der Waals surface area contributed by atoms with Crippen LogP contribution >= 0.6 is 0 Å². The highest BCUT2D eigenvalue weighted by Gasteiger charge is 2.40. The van der Waals surface area contributed by atoms with Gasteiger partial charge >= 0.3 is 6.18 Å². The van der Waals surface area contributed by atoms with E-state index in [4.69, 9.17) is 10.2 Å². The quantitative estimate of drug-likeness (QED) is 0.741. The maximum atomic E-state index is 13.6. The monoisotopic (exact) mass is 337 g/mol. The molecule has 0 spiro atoms. The number of hydrogen-bond acceptors (Lipinski definition) is 4. The highest BCUT2D eigenvalue weighted by molar-refractivity contribution is 6.02. The Morgan fingerprint density at radius 1 is 1.38 bits per heavy atom. The molecule has 3 rings (SSSR count). The van der Waals surface area contributed by atoms with E-state index in [-0.39, 0.29) is 23.2 Å². The van der Waals surface area contributed by atoms with Crippen LogP contribution in [0.3, 0.4) is 0 Å². The summed E-state index contributed by atoms with van der Waals surface area (Å²) in [7, 11) is 0. The fourth-order valence-corrected chi connectivity index (χ4v) is 2.52. The minimum atomic E-state index is -4.87. The van der Waals surface area contributed by atoms with Gasteiger partial charge in [-0.25, -0.2) is 4.98 Å². The number of amides is 1. The number of aldehydes is 1. The van der Waals surface area contributed by atoms with Gasteiger partial charge < -0.3 is 19.3 Å². The van der Waals surface area contributed by atoms with Crippen LogP contribution in [0.2, 0.25) is 0 Å². The number of halogens is 3. The molecule has 0 radical (unpaired) electrons. The first kappa shape index (κ1) is 15.8. The highest BCUT2D eigenvalue weighted by atomic mass is 19.4. The minimum absolute atomic E-state index is 0.0360. The van der Waals surface area contributed by atoms with Gasteiger partial charge in [0.1, 0.15) is 17.5 Å². The molecular weight excluding hydrogens is 327 g/mol. The molecule has 0 aliphatic carbocycles. The zero-order valence-corrected chi connectivity index (χ0v) is 12.0. The number of pyridine rings is 1. The van der Waals surface area contributed by atoms with Crippen molar-refractivity contribution in [1.29, 1.82) is 0 Å². The molecule has 2 N–H and O–H groups in total. The summed E-state index contributed by atoms with van der Waals surface area (Å²) in [5, 5.41) is 0. The van der Waals surface area contributed by atoms with Gasteiger partial charge in [-0.1, -0.05) is 0 Å². The SMILES string of the molecule is NC(=O)c1c(-c2ccoc2)cn2cc(CC=O)nc2c1C(F)(F)F. The molecule has 0 aliphatic rings. The predicted octanol–water partition coefficient (Wildman–Crippen LogP) is 2.45. The number of fused-ring (bicyclic) bond motifs is 1. The van der Waals surface area contributed by atoms with Crippen molar-refractivity contribution >= 4 is 17.8 Å². The molecule has 0 saturated carbocycles. The van der Waals surface area contributed by atoms with Gasteiger partial charge in [0.2, 0.25) is 5.91 Å². The first-order valence-corrected chi connectivity index (χ1v) is 6.70. The Balaban J connectivity index is 2.45. The number of carbonyl (C=O) groups is 2. The second kappa shape index (κ2) is 5.52. The largest absolute Gasteiger partial charge is 0.472 e. The third-order valence-electron chi connectivity index (χ3n) is 3.45. The zero-order valence-electron chi connectivity index (χ0n) is 12.0. The molecule has 3 aromatic heterocycles. The smallest absolute Gasteiger partial charge is 0.420 e. The molecule has 3 heterocycles. The van der Waals surface area contributed by atoms with E-state index >= 15 is 0 Å². The van der Waals surface area contributed by atoms with Crippen LogP contribution in [0.1, 0.15) is 21.6 Å². The van der Waals surface area contributed by atoms with Crippen molar-refractivity contribution in [3.05, 3.63) is 47.8 Å². The molecule has 6 nitrogen and oxygen atoms in total. The highest BCUT2D eigenvalue weighted by Crippen LogP contribution is 2.39. The number of nitrogens with zero attached hydrogens (tertiary/aromatic N) is 2. The van der Waals surface area contributed by atoms with Crippen molar-refractivity contribution < 1.29 is 27.2 Å². The second-order valence-electron chi connectivity index (χ2n) is 5.00. The first-order chi connectivity index (χ1) is 11.3. The van der Waals surface area contributed by atoms with Gasteiger partial charge in [0.05, 0.1) is 23.8 Å². The lowest BCUT2D eigenvalue weighted by atomic mass is 9.98. The summed E-state index contributed by atoms with van der Waals surface area (Å²) in [5.74, 6) is -1.24. The molecular formula is C15H10F3N3O3. The number of aromatic nitrogens is 2. The first-order valence-electron chi connectivity index (χ1n) is 6.70. The number of hydrogen-bond donors (Lipinski definition) is 1. The van der Waals surface area contributed by atoms with Gasteiger partial charge in [0, 0.05) is 29.9 Å². The summed E-state index contributed by atoms with van der Waals surface area (Å²) in [5.41, 5.74) is 3.16. The Labute approximate surface area is 132 Å². The molecule has 124 valence electrons. The Kier molecular flexibility index (Phi) is 3.63. The van der Waals surface area contributed by atoms with Crippen LogP contribution in [-0.2, 0) is 17.4 Å². The van der Waals surface area contributed by atoms with Crippen molar-refractivity contribution in [1.82, 2.24) is 9.38 Å². The van der Waals surface area contributed by atoms with Gasteiger partial charge in [-0.3, -0.25) is 4.79 Å². The Hall–Kier alpha value is -3.10. The molecule has 24 heavy (non-hydrogen) atoms. The average molecular weight is 337 g/mol. The van der Waals surface area contributed by atoms with Crippen LogP contribution in [0, 0.1) is 0 Å². The molecule has 0 aliphatic heterocycles. The Morgan fingerprint density at radius 3 is 2.67 bits per heavy atom. The molecule has 0 atom stereocenters. The van der Waals surface area contributed by atoms with E-state index in [2.05, 4.69) is 4.98 Å². The van der Waals surface area contributed by atoms with Crippen molar-refractivity contribution in [2.45, 2.75) is 12.6 Å². The van der Waals surface area contributed by atoms with E-state index in [0.29, 0.717) is 6.29 Å². The van der Waals surface area contributed by atoms with Gasteiger partial charge in [-0.2, -0.15) is 13.2 Å². The molecule has 9 heteroatoms.